The second-order valence-corrected chi connectivity index (χ2v) is 8.15. The molecular formula is C22H19F3N4O3. The van der Waals surface area contributed by atoms with Crippen molar-refractivity contribution in [3.8, 4) is 5.75 Å². The second-order valence-electron chi connectivity index (χ2n) is 8.15. The Morgan fingerprint density at radius 2 is 2.03 bits per heavy atom. The Labute approximate surface area is 180 Å². The summed E-state index contributed by atoms with van der Waals surface area (Å²) >= 11 is 0. The third-order valence-electron chi connectivity index (χ3n) is 6.02. The van der Waals surface area contributed by atoms with E-state index in [1.807, 2.05) is 35.6 Å². The molecule has 10 heteroatoms. The largest absolute Gasteiger partial charge is 0.490 e. The molecule has 5 rings (SSSR count). The summed E-state index contributed by atoms with van der Waals surface area (Å²) < 4.78 is 43.3. The van der Waals surface area contributed by atoms with Crippen molar-refractivity contribution in [2.45, 2.75) is 30.5 Å². The molecule has 1 saturated carbocycles. The number of fused-ring (bicyclic) bond motifs is 3. The van der Waals surface area contributed by atoms with Crippen molar-refractivity contribution in [3.63, 3.8) is 0 Å². The van der Waals surface area contributed by atoms with E-state index in [4.69, 9.17) is 4.74 Å². The van der Waals surface area contributed by atoms with Crippen LogP contribution in [0.2, 0.25) is 0 Å². The van der Waals surface area contributed by atoms with E-state index in [9.17, 15) is 22.8 Å². The number of carbonyl (C=O) groups excluding carboxylic acids is 2. The number of para-hydroxylation sites is 1. The van der Waals surface area contributed by atoms with Gasteiger partial charge >= 0.3 is 6.18 Å². The molecule has 2 heterocycles. The minimum absolute atomic E-state index is 0.199. The molecule has 3 aromatic rings. The summed E-state index contributed by atoms with van der Waals surface area (Å²) in [4.78, 5) is 26.6. The number of anilines is 1. The van der Waals surface area contributed by atoms with Crippen LogP contribution in [0.1, 0.15) is 18.4 Å². The number of hydrogen-bond acceptors (Lipinski definition) is 4. The third-order valence-corrected chi connectivity index (χ3v) is 6.02. The quantitative estimate of drug-likeness (QED) is 0.633. The van der Waals surface area contributed by atoms with E-state index >= 15 is 0 Å². The highest BCUT2D eigenvalue weighted by atomic mass is 19.4. The van der Waals surface area contributed by atoms with E-state index in [1.54, 1.807) is 18.3 Å². The smallest absolute Gasteiger partial charge is 0.405 e. The van der Waals surface area contributed by atoms with Crippen molar-refractivity contribution in [2.75, 3.05) is 18.0 Å². The van der Waals surface area contributed by atoms with Crippen molar-refractivity contribution in [2.24, 2.45) is 0 Å². The van der Waals surface area contributed by atoms with Crippen LogP contribution in [-0.4, -0.2) is 47.4 Å². The average molecular weight is 444 g/mol. The predicted octanol–water partition coefficient (Wildman–Crippen LogP) is 3.07. The van der Waals surface area contributed by atoms with Crippen LogP contribution >= 0.6 is 0 Å². The zero-order valence-corrected chi connectivity index (χ0v) is 16.8. The van der Waals surface area contributed by atoms with E-state index in [2.05, 4.69) is 10.2 Å². The molecular weight excluding hydrogens is 425 g/mol. The normalized spacial score (nSPS) is 22.2. The first-order chi connectivity index (χ1) is 15.2. The number of rotatable bonds is 5. The highest BCUT2D eigenvalue weighted by Gasteiger charge is 2.59. The van der Waals surface area contributed by atoms with E-state index in [-0.39, 0.29) is 12.0 Å². The maximum absolute atomic E-state index is 13.3. The molecule has 1 aliphatic heterocycles. The molecule has 0 saturated heterocycles. The molecule has 2 N–H and O–H groups in total. The highest BCUT2D eigenvalue weighted by molar-refractivity contribution is 6.11. The van der Waals surface area contributed by atoms with Crippen molar-refractivity contribution < 1.29 is 27.5 Å². The lowest BCUT2D eigenvalue weighted by Gasteiger charge is -2.43. The number of hydrogen-bond donors (Lipinski definition) is 2. The van der Waals surface area contributed by atoms with Gasteiger partial charge in [-0.2, -0.15) is 18.3 Å². The summed E-state index contributed by atoms with van der Waals surface area (Å²) in [5, 5.41) is 9.59. The molecule has 2 amide bonds. The molecule has 0 radical (unpaired) electrons. The summed E-state index contributed by atoms with van der Waals surface area (Å²) in [5.41, 5.74) is 1.39. The molecule has 1 fully saturated rings. The number of amides is 2. The maximum atomic E-state index is 13.3. The highest BCUT2D eigenvalue weighted by Crippen LogP contribution is 2.54. The fourth-order valence-corrected chi connectivity index (χ4v) is 4.53. The first-order valence-electron chi connectivity index (χ1n) is 10.1. The molecule has 2 aromatic carbocycles. The fourth-order valence-electron chi connectivity index (χ4n) is 4.53. The van der Waals surface area contributed by atoms with E-state index in [1.165, 1.54) is 4.90 Å². The van der Waals surface area contributed by atoms with Gasteiger partial charge in [0.1, 0.15) is 24.9 Å². The number of nitrogens with zero attached hydrogens (tertiary/aromatic N) is 2. The van der Waals surface area contributed by atoms with Crippen molar-refractivity contribution in [1.82, 2.24) is 15.5 Å². The Morgan fingerprint density at radius 3 is 2.81 bits per heavy atom. The monoisotopic (exact) mass is 444 g/mol. The van der Waals surface area contributed by atoms with Gasteiger partial charge in [-0.15, -0.1) is 0 Å². The summed E-state index contributed by atoms with van der Waals surface area (Å²) in [6, 6.07) is 12.6. The SMILES string of the molecule is O=C(CN1C(=O)C2(CC(Oc3ccc4[nH]ncc4c3)C2)c2ccccc21)NCC(F)(F)F. The van der Waals surface area contributed by atoms with Crippen molar-refractivity contribution in [1.29, 1.82) is 0 Å². The number of ether oxygens (including phenoxy) is 1. The molecule has 0 atom stereocenters. The summed E-state index contributed by atoms with van der Waals surface area (Å²) in [7, 11) is 0. The van der Waals surface area contributed by atoms with Crippen LogP contribution in [0.5, 0.6) is 5.75 Å². The van der Waals surface area contributed by atoms with Gasteiger partial charge in [-0.05, 0) is 29.8 Å². The van der Waals surface area contributed by atoms with Crippen LogP contribution in [0.25, 0.3) is 10.9 Å². The Morgan fingerprint density at radius 1 is 1.25 bits per heavy atom. The first kappa shape index (κ1) is 20.3. The molecule has 166 valence electrons. The molecule has 7 nitrogen and oxygen atoms in total. The minimum Gasteiger partial charge on any atom is -0.490 e. The minimum atomic E-state index is -4.51. The van der Waals surface area contributed by atoms with Crippen LogP contribution in [0.15, 0.2) is 48.7 Å². The molecule has 2 aliphatic rings. The van der Waals surface area contributed by atoms with Gasteiger partial charge in [-0.1, -0.05) is 18.2 Å². The number of carbonyl (C=O) groups is 2. The molecule has 1 aliphatic carbocycles. The van der Waals surface area contributed by atoms with Crippen molar-refractivity contribution >= 4 is 28.4 Å². The number of halogens is 3. The number of H-pyrrole nitrogens is 1. The molecule has 0 bridgehead atoms. The summed E-state index contributed by atoms with van der Waals surface area (Å²) in [6.07, 6.45) is -2.17. The number of nitrogens with one attached hydrogen (secondary N) is 2. The number of aromatic amines is 1. The lowest BCUT2D eigenvalue weighted by Crippen LogP contribution is -2.54. The summed E-state index contributed by atoms with van der Waals surface area (Å²) in [6.45, 7) is -1.89. The van der Waals surface area contributed by atoms with Gasteiger partial charge in [-0.3, -0.25) is 14.7 Å². The summed E-state index contributed by atoms with van der Waals surface area (Å²) in [5.74, 6) is -0.477. The number of benzene rings is 2. The van der Waals surface area contributed by atoms with Gasteiger partial charge in [0.2, 0.25) is 11.8 Å². The number of alkyl halides is 3. The van der Waals surface area contributed by atoms with Gasteiger partial charge in [-0.25, -0.2) is 0 Å². The number of aromatic nitrogens is 2. The second kappa shape index (κ2) is 7.25. The standard InChI is InChI=1S/C22H19F3N4O3/c23-22(24,25)12-26-19(30)11-29-18-4-2-1-3-16(18)21(20(29)31)8-15(9-21)32-14-5-6-17-13(7-14)10-27-28-17/h1-7,10,15H,8-9,11-12H2,(H,26,30)(H,27,28). The van der Waals surface area contributed by atoms with Crippen LogP contribution in [0.4, 0.5) is 18.9 Å². The fraction of sp³-hybridized carbons (Fsp3) is 0.318. The Kier molecular flexibility index (Phi) is 4.61. The zero-order chi connectivity index (χ0) is 22.5. The first-order valence-corrected chi connectivity index (χ1v) is 10.1. The van der Waals surface area contributed by atoms with Gasteiger partial charge in [0, 0.05) is 23.9 Å². The lowest BCUT2D eigenvalue weighted by molar-refractivity contribution is -0.138. The molecule has 0 unspecified atom stereocenters. The average Bonchev–Trinajstić information content (AvgIpc) is 3.28. The molecule has 1 spiro atoms. The van der Waals surface area contributed by atoms with E-state index in [0.29, 0.717) is 24.3 Å². The topological polar surface area (TPSA) is 87.3 Å². The van der Waals surface area contributed by atoms with Crippen LogP contribution in [0.3, 0.4) is 0 Å². The maximum Gasteiger partial charge on any atom is 0.405 e. The van der Waals surface area contributed by atoms with Crippen molar-refractivity contribution in [3.05, 3.63) is 54.2 Å². The van der Waals surface area contributed by atoms with Crippen LogP contribution in [0, 0.1) is 0 Å². The van der Waals surface area contributed by atoms with Crippen LogP contribution < -0.4 is 15.0 Å². The van der Waals surface area contributed by atoms with Gasteiger partial charge in [0.15, 0.2) is 0 Å². The molecule has 1 aromatic heterocycles. The Hall–Kier alpha value is -3.56. The van der Waals surface area contributed by atoms with E-state index in [0.717, 1.165) is 16.5 Å². The van der Waals surface area contributed by atoms with Crippen LogP contribution in [-0.2, 0) is 15.0 Å². The molecule has 32 heavy (non-hydrogen) atoms. The Bertz CT molecular complexity index is 1200. The van der Waals surface area contributed by atoms with Gasteiger partial charge < -0.3 is 15.0 Å². The zero-order valence-electron chi connectivity index (χ0n) is 16.8. The third kappa shape index (κ3) is 3.45. The van der Waals surface area contributed by atoms with E-state index < -0.39 is 30.6 Å². The predicted molar refractivity (Wildman–Crippen MR) is 109 cm³/mol. The van der Waals surface area contributed by atoms with Gasteiger partial charge in [0.05, 0.1) is 17.1 Å². The lowest BCUT2D eigenvalue weighted by atomic mass is 9.63. The van der Waals surface area contributed by atoms with Gasteiger partial charge in [0.25, 0.3) is 0 Å². The Balaban J connectivity index is 1.30.